The van der Waals surface area contributed by atoms with Gasteiger partial charge in [-0.25, -0.2) is 4.79 Å². The SMILES string of the molecule is CCOC(=O)c1c(-c2cccc(N/N=C(\C#N)C(=N)N)c2)cn2ccccc12. The van der Waals surface area contributed by atoms with Crippen LogP contribution in [0.1, 0.15) is 17.3 Å². The molecule has 0 bridgehead atoms. The molecule has 2 aromatic heterocycles. The Bertz CT molecular complexity index is 1120. The third-order valence-electron chi connectivity index (χ3n) is 3.99. The molecule has 0 spiro atoms. The van der Waals surface area contributed by atoms with Crippen LogP contribution < -0.4 is 11.2 Å². The van der Waals surface area contributed by atoms with Gasteiger partial charge in [0.25, 0.3) is 0 Å². The lowest BCUT2D eigenvalue weighted by Crippen LogP contribution is -2.21. The minimum absolute atomic E-state index is 0.216. The third kappa shape index (κ3) is 3.68. The number of pyridine rings is 1. The van der Waals surface area contributed by atoms with Crippen molar-refractivity contribution in [2.24, 2.45) is 10.8 Å². The average molecular weight is 374 g/mol. The zero-order chi connectivity index (χ0) is 20.1. The van der Waals surface area contributed by atoms with E-state index in [9.17, 15) is 4.79 Å². The van der Waals surface area contributed by atoms with Gasteiger partial charge in [0.15, 0.2) is 5.84 Å². The molecule has 28 heavy (non-hydrogen) atoms. The molecule has 0 atom stereocenters. The lowest BCUT2D eigenvalue weighted by molar-refractivity contribution is 0.0529. The molecule has 0 saturated heterocycles. The number of carbonyl (C=O) groups is 1. The molecule has 0 saturated carbocycles. The van der Waals surface area contributed by atoms with Crippen molar-refractivity contribution in [3.8, 4) is 17.2 Å². The molecule has 0 aliphatic carbocycles. The van der Waals surface area contributed by atoms with Crippen LogP contribution in [-0.4, -0.2) is 28.5 Å². The Balaban J connectivity index is 2.06. The first-order valence-electron chi connectivity index (χ1n) is 8.50. The predicted molar refractivity (Wildman–Crippen MR) is 107 cm³/mol. The molecule has 0 unspecified atom stereocenters. The van der Waals surface area contributed by atoms with Crippen LogP contribution in [0.4, 0.5) is 5.69 Å². The van der Waals surface area contributed by atoms with Crippen molar-refractivity contribution < 1.29 is 9.53 Å². The number of benzene rings is 1. The van der Waals surface area contributed by atoms with E-state index in [1.54, 1.807) is 31.2 Å². The summed E-state index contributed by atoms with van der Waals surface area (Å²) in [6.07, 6.45) is 3.72. The zero-order valence-electron chi connectivity index (χ0n) is 15.1. The highest BCUT2D eigenvalue weighted by Crippen LogP contribution is 2.31. The quantitative estimate of drug-likeness (QED) is 0.264. The molecule has 0 fully saturated rings. The molecule has 4 N–H and O–H groups in total. The summed E-state index contributed by atoms with van der Waals surface area (Å²) in [6.45, 7) is 2.04. The van der Waals surface area contributed by atoms with Crippen LogP contribution in [0.25, 0.3) is 16.6 Å². The van der Waals surface area contributed by atoms with Crippen molar-refractivity contribution in [3.05, 3.63) is 60.4 Å². The standard InChI is InChI=1S/C20H18N6O2/c1-2-28-20(27)18-15(12-26-9-4-3-8-17(18)26)13-6-5-7-14(10-13)24-25-16(11-21)19(22)23/h3-10,12,24H,2H2,1H3,(H3,22,23)/b25-16+. The predicted octanol–water partition coefficient (Wildman–Crippen LogP) is 3.01. The van der Waals surface area contributed by atoms with Gasteiger partial charge in [0.1, 0.15) is 6.07 Å². The molecule has 140 valence electrons. The van der Waals surface area contributed by atoms with E-state index in [1.165, 1.54) is 0 Å². The number of anilines is 1. The van der Waals surface area contributed by atoms with E-state index in [1.807, 2.05) is 41.1 Å². The number of nitriles is 1. The zero-order valence-corrected chi connectivity index (χ0v) is 15.1. The summed E-state index contributed by atoms with van der Waals surface area (Å²) in [6, 6.07) is 14.5. The van der Waals surface area contributed by atoms with Crippen LogP contribution in [0.2, 0.25) is 0 Å². The summed E-state index contributed by atoms with van der Waals surface area (Å²) in [4.78, 5) is 12.6. The third-order valence-corrected chi connectivity index (χ3v) is 3.99. The number of nitrogens with one attached hydrogen (secondary N) is 2. The van der Waals surface area contributed by atoms with Crippen molar-refractivity contribution in [1.82, 2.24) is 4.40 Å². The summed E-state index contributed by atoms with van der Waals surface area (Å²) in [5, 5.41) is 20.1. The fourth-order valence-corrected chi connectivity index (χ4v) is 2.78. The highest BCUT2D eigenvalue weighted by Gasteiger charge is 2.20. The fourth-order valence-electron chi connectivity index (χ4n) is 2.78. The molecule has 0 radical (unpaired) electrons. The number of esters is 1. The number of hydrazone groups is 1. The number of nitrogens with two attached hydrogens (primary N) is 1. The first-order chi connectivity index (χ1) is 13.5. The summed E-state index contributed by atoms with van der Waals surface area (Å²) in [5.41, 5.74) is 11.1. The van der Waals surface area contributed by atoms with Gasteiger partial charge in [0.05, 0.1) is 23.4 Å². The molecule has 3 aromatic rings. The van der Waals surface area contributed by atoms with Crippen molar-refractivity contribution in [2.75, 3.05) is 12.0 Å². The molecular weight excluding hydrogens is 356 g/mol. The molecule has 0 aliphatic heterocycles. The Hall–Kier alpha value is -4.12. The lowest BCUT2D eigenvalue weighted by Gasteiger charge is -2.07. The van der Waals surface area contributed by atoms with E-state index < -0.39 is 11.8 Å². The molecule has 0 amide bonds. The maximum atomic E-state index is 12.6. The van der Waals surface area contributed by atoms with E-state index >= 15 is 0 Å². The van der Waals surface area contributed by atoms with Crippen molar-refractivity contribution in [1.29, 1.82) is 10.7 Å². The molecular formula is C20H18N6O2. The molecule has 1 aromatic carbocycles. The number of aromatic nitrogens is 1. The Morgan fingerprint density at radius 2 is 2.18 bits per heavy atom. The fraction of sp³-hybridized carbons (Fsp3) is 0.100. The molecule has 8 heteroatoms. The summed E-state index contributed by atoms with van der Waals surface area (Å²) in [5.74, 6) is -0.819. The van der Waals surface area contributed by atoms with Gasteiger partial charge in [-0.3, -0.25) is 10.8 Å². The minimum atomic E-state index is -0.422. The number of ether oxygens (including phenoxy) is 1. The second kappa shape index (κ2) is 8.05. The topological polar surface area (TPSA) is 129 Å². The first kappa shape index (κ1) is 18.7. The highest BCUT2D eigenvalue weighted by atomic mass is 16.5. The average Bonchev–Trinajstić information content (AvgIpc) is 3.08. The van der Waals surface area contributed by atoms with E-state index in [2.05, 4.69) is 10.5 Å². The van der Waals surface area contributed by atoms with Crippen molar-refractivity contribution in [3.63, 3.8) is 0 Å². The largest absolute Gasteiger partial charge is 0.462 e. The van der Waals surface area contributed by atoms with Crippen LogP contribution >= 0.6 is 0 Å². The minimum Gasteiger partial charge on any atom is -0.462 e. The summed E-state index contributed by atoms with van der Waals surface area (Å²) >= 11 is 0. The van der Waals surface area contributed by atoms with Crippen LogP contribution in [0, 0.1) is 16.7 Å². The van der Waals surface area contributed by atoms with Gasteiger partial charge in [0.2, 0.25) is 5.71 Å². The smallest absolute Gasteiger partial charge is 0.340 e. The van der Waals surface area contributed by atoms with Gasteiger partial charge in [-0.05, 0) is 36.8 Å². The monoisotopic (exact) mass is 374 g/mol. The number of hydrogen-bond acceptors (Lipinski definition) is 6. The van der Waals surface area contributed by atoms with Crippen molar-refractivity contribution in [2.45, 2.75) is 6.92 Å². The molecule has 0 aliphatic rings. The Morgan fingerprint density at radius 1 is 1.36 bits per heavy atom. The summed E-state index contributed by atoms with van der Waals surface area (Å²) in [7, 11) is 0. The van der Waals surface area contributed by atoms with E-state index in [-0.39, 0.29) is 12.3 Å². The van der Waals surface area contributed by atoms with E-state index in [4.69, 9.17) is 21.1 Å². The second-order valence-corrected chi connectivity index (χ2v) is 5.81. The van der Waals surface area contributed by atoms with Crippen LogP contribution in [0.3, 0.4) is 0 Å². The molecule has 8 nitrogen and oxygen atoms in total. The van der Waals surface area contributed by atoms with Crippen molar-refractivity contribution >= 4 is 28.7 Å². The van der Waals surface area contributed by atoms with E-state index in [0.29, 0.717) is 16.8 Å². The number of nitrogens with zero attached hydrogens (tertiary/aromatic N) is 3. The first-order valence-corrected chi connectivity index (χ1v) is 8.50. The Morgan fingerprint density at radius 3 is 2.89 bits per heavy atom. The van der Waals surface area contributed by atoms with Gasteiger partial charge >= 0.3 is 5.97 Å². The maximum absolute atomic E-state index is 12.6. The summed E-state index contributed by atoms with van der Waals surface area (Å²) < 4.78 is 7.11. The number of amidine groups is 1. The normalized spacial score (nSPS) is 11.1. The molecule has 2 heterocycles. The van der Waals surface area contributed by atoms with E-state index in [0.717, 1.165) is 11.1 Å². The highest BCUT2D eigenvalue weighted by molar-refractivity contribution is 6.45. The van der Waals surface area contributed by atoms with Crippen LogP contribution in [-0.2, 0) is 4.74 Å². The van der Waals surface area contributed by atoms with Gasteiger partial charge < -0.3 is 14.9 Å². The Kier molecular flexibility index (Phi) is 5.37. The lowest BCUT2D eigenvalue weighted by atomic mass is 10.0. The van der Waals surface area contributed by atoms with Gasteiger partial charge in [-0.15, -0.1) is 0 Å². The van der Waals surface area contributed by atoms with Crippen LogP contribution in [0.5, 0.6) is 0 Å². The van der Waals surface area contributed by atoms with Gasteiger partial charge in [-0.1, -0.05) is 18.2 Å². The molecule has 3 rings (SSSR count). The number of hydrogen-bond donors (Lipinski definition) is 3. The number of rotatable bonds is 6. The Labute approximate surface area is 161 Å². The number of carbonyl (C=O) groups excluding carboxylic acids is 1. The van der Waals surface area contributed by atoms with Gasteiger partial charge in [0, 0.05) is 18.0 Å². The van der Waals surface area contributed by atoms with Crippen LogP contribution in [0.15, 0.2) is 60.0 Å². The maximum Gasteiger partial charge on any atom is 0.340 e. The second-order valence-electron chi connectivity index (χ2n) is 5.81. The number of fused-ring (bicyclic) bond motifs is 1. The van der Waals surface area contributed by atoms with Gasteiger partial charge in [-0.2, -0.15) is 10.4 Å².